The van der Waals surface area contributed by atoms with Gasteiger partial charge < -0.3 is 10.6 Å². The largest absolute Gasteiger partial charge is 0.354 e. The quantitative estimate of drug-likeness (QED) is 0.636. The summed E-state index contributed by atoms with van der Waals surface area (Å²) in [6, 6.07) is 16.4. The number of benzene rings is 2. The highest BCUT2D eigenvalue weighted by Gasteiger charge is 2.09. The molecule has 136 valence electrons. The van der Waals surface area contributed by atoms with Crippen molar-refractivity contribution in [3.8, 4) is 0 Å². The first-order chi connectivity index (χ1) is 12.9. The van der Waals surface area contributed by atoms with E-state index in [9.17, 15) is 9.59 Å². The highest BCUT2D eigenvalue weighted by atomic mass is 16.2. The fraction of sp³-hybridized carbons (Fsp3) is 0.136. The molecule has 2 N–H and O–H groups in total. The van der Waals surface area contributed by atoms with Crippen LogP contribution in [0.3, 0.4) is 0 Å². The van der Waals surface area contributed by atoms with Gasteiger partial charge in [-0.1, -0.05) is 17.7 Å². The third kappa shape index (κ3) is 4.58. The molecule has 1 aromatic heterocycles. The van der Waals surface area contributed by atoms with Gasteiger partial charge in [-0.3, -0.25) is 9.59 Å². The highest BCUT2D eigenvalue weighted by Crippen LogP contribution is 2.21. The van der Waals surface area contributed by atoms with Crippen molar-refractivity contribution in [2.75, 3.05) is 10.6 Å². The van der Waals surface area contributed by atoms with Gasteiger partial charge in [-0.15, -0.1) is 0 Å². The highest BCUT2D eigenvalue weighted by molar-refractivity contribution is 6.03. The van der Waals surface area contributed by atoms with E-state index >= 15 is 0 Å². The van der Waals surface area contributed by atoms with Crippen molar-refractivity contribution in [2.24, 2.45) is 0 Å². The first kappa shape index (κ1) is 18.3. The normalized spacial score (nSPS) is 10.3. The maximum Gasteiger partial charge on any atom is 0.274 e. The zero-order valence-electron chi connectivity index (χ0n) is 15.5. The SMILES string of the molecule is CC(=O)c1ccc(NC(=O)c2ccc(Nc3ccc(C)cc3C)cn2)cc1. The molecule has 5 heteroatoms. The average Bonchev–Trinajstić information content (AvgIpc) is 2.65. The van der Waals surface area contributed by atoms with Gasteiger partial charge in [0.1, 0.15) is 5.69 Å². The van der Waals surface area contributed by atoms with E-state index in [1.54, 1.807) is 36.5 Å². The van der Waals surface area contributed by atoms with E-state index in [2.05, 4.69) is 28.6 Å². The summed E-state index contributed by atoms with van der Waals surface area (Å²) in [6.45, 7) is 5.60. The molecule has 2 aromatic carbocycles. The number of aryl methyl sites for hydroxylation is 2. The van der Waals surface area contributed by atoms with Crippen LogP contribution < -0.4 is 10.6 Å². The molecule has 27 heavy (non-hydrogen) atoms. The first-order valence-corrected chi connectivity index (χ1v) is 8.65. The lowest BCUT2D eigenvalue weighted by molar-refractivity contribution is 0.101. The van der Waals surface area contributed by atoms with Gasteiger partial charge in [0.05, 0.1) is 11.9 Å². The molecule has 0 spiro atoms. The van der Waals surface area contributed by atoms with Crippen LogP contribution in [0, 0.1) is 13.8 Å². The van der Waals surface area contributed by atoms with Crippen molar-refractivity contribution < 1.29 is 9.59 Å². The third-order valence-electron chi connectivity index (χ3n) is 4.21. The van der Waals surface area contributed by atoms with E-state index in [4.69, 9.17) is 0 Å². The predicted octanol–water partition coefficient (Wildman–Crippen LogP) is 4.90. The fourth-order valence-corrected chi connectivity index (χ4v) is 2.69. The summed E-state index contributed by atoms with van der Waals surface area (Å²) in [7, 11) is 0. The number of ketones is 1. The molecule has 0 bridgehead atoms. The Balaban J connectivity index is 1.67. The van der Waals surface area contributed by atoms with Crippen LogP contribution in [-0.2, 0) is 0 Å². The fourth-order valence-electron chi connectivity index (χ4n) is 2.69. The molecule has 1 amide bonds. The van der Waals surface area contributed by atoms with Crippen molar-refractivity contribution in [3.05, 3.63) is 83.2 Å². The van der Waals surface area contributed by atoms with Crippen molar-refractivity contribution in [1.29, 1.82) is 0 Å². The van der Waals surface area contributed by atoms with Gasteiger partial charge in [-0.05, 0) is 68.8 Å². The van der Waals surface area contributed by atoms with Crippen LogP contribution >= 0.6 is 0 Å². The van der Waals surface area contributed by atoms with Gasteiger partial charge in [0.25, 0.3) is 5.91 Å². The van der Waals surface area contributed by atoms with Crippen LogP contribution in [-0.4, -0.2) is 16.7 Å². The Morgan fingerprint density at radius 3 is 2.19 bits per heavy atom. The Morgan fingerprint density at radius 2 is 1.59 bits per heavy atom. The molecule has 0 aliphatic carbocycles. The van der Waals surface area contributed by atoms with Gasteiger partial charge in [0, 0.05) is 16.9 Å². The van der Waals surface area contributed by atoms with Crippen molar-refractivity contribution >= 4 is 28.8 Å². The molecule has 0 radical (unpaired) electrons. The summed E-state index contributed by atoms with van der Waals surface area (Å²) in [4.78, 5) is 27.9. The van der Waals surface area contributed by atoms with E-state index in [0.717, 1.165) is 16.9 Å². The number of Topliss-reactive ketones (excluding diaryl/α,β-unsaturated/α-hetero) is 1. The topological polar surface area (TPSA) is 71.1 Å². The molecule has 0 unspecified atom stereocenters. The minimum atomic E-state index is -0.302. The van der Waals surface area contributed by atoms with Crippen LogP contribution in [0.4, 0.5) is 17.1 Å². The van der Waals surface area contributed by atoms with E-state index in [1.165, 1.54) is 12.5 Å². The monoisotopic (exact) mass is 359 g/mol. The zero-order chi connectivity index (χ0) is 19.4. The third-order valence-corrected chi connectivity index (χ3v) is 4.21. The molecule has 3 rings (SSSR count). The van der Waals surface area contributed by atoms with Crippen molar-refractivity contribution in [3.63, 3.8) is 0 Å². The molecule has 0 aliphatic rings. The molecule has 1 heterocycles. The first-order valence-electron chi connectivity index (χ1n) is 8.65. The maximum atomic E-state index is 12.3. The van der Waals surface area contributed by atoms with Gasteiger partial charge in [0.2, 0.25) is 0 Å². The lowest BCUT2D eigenvalue weighted by Crippen LogP contribution is -2.13. The Bertz CT molecular complexity index is 977. The Hall–Kier alpha value is -3.47. The summed E-state index contributed by atoms with van der Waals surface area (Å²) in [5, 5.41) is 6.08. The summed E-state index contributed by atoms with van der Waals surface area (Å²) < 4.78 is 0. The van der Waals surface area contributed by atoms with Crippen molar-refractivity contribution in [2.45, 2.75) is 20.8 Å². The number of nitrogens with one attached hydrogen (secondary N) is 2. The standard InChI is InChI=1S/C22H21N3O2/c1-14-4-10-20(15(2)12-14)24-19-9-11-21(23-13-19)22(27)25-18-7-5-17(6-8-18)16(3)26/h4-13,24H,1-3H3,(H,25,27). The van der Waals surface area contributed by atoms with E-state index < -0.39 is 0 Å². The lowest BCUT2D eigenvalue weighted by atomic mass is 10.1. The van der Waals surface area contributed by atoms with Crippen molar-refractivity contribution in [1.82, 2.24) is 4.98 Å². The van der Waals surface area contributed by atoms with Crippen LogP contribution in [0.25, 0.3) is 0 Å². The van der Waals surface area contributed by atoms with E-state index in [-0.39, 0.29) is 11.7 Å². The number of hydrogen-bond acceptors (Lipinski definition) is 4. The molecule has 3 aromatic rings. The summed E-state index contributed by atoms with van der Waals surface area (Å²) in [6.07, 6.45) is 1.63. The van der Waals surface area contributed by atoms with Crippen LogP contribution in [0.15, 0.2) is 60.8 Å². The second kappa shape index (κ2) is 7.83. The number of carbonyl (C=O) groups is 2. The second-order valence-electron chi connectivity index (χ2n) is 6.46. The number of anilines is 3. The Kier molecular flexibility index (Phi) is 5.31. The molecule has 5 nitrogen and oxygen atoms in total. The summed E-state index contributed by atoms with van der Waals surface area (Å²) in [5.41, 5.74) is 5.70. The molecule has 0 aliphatic heterocycles. The predicted molar refractivity (Wildman–Crippen MR) is 108 cm³/mol. The smallest absolute Gasteiger partial charge is 0.274 e. The number of pyridine rings is 1. The average molecular weight is 359 g/mol. The number of nitrogens with zero attached hydrogens (tertiary/aromatic N) is 1. The summed E-state index contributed by atoms with van der Waals surface area (Å²) in [5.74, 6) is -0.315. The zero-order valence-corrected chi connectivity index (χ0v) is 15.5. The van der Waals surface area contributed by atoms with Crippen LogP contribution in [0.5, 0.6) is 0 Å². The van der Waals surface area contributed by atoms with E-state index in [0.29, 0.717) is 16.9 Å². The maximum absolute atomic E-state index is 12.3. The van der Waals surface area contributed by atoms with Gasteiger partial charge >= 0.3 is 0 Å². The van der Waals surface area contributed by atoms with Gasteiger partial charge in [0.15, 0.2) is 5.78 Å². The molecule has 0 saturated heterocycles. The molecule has 0 fully saturated rings. The Morgan fingerprint density at radius 1 is 0.889 bits per heavy atom. The van der Waals surface area contributed by atoms with Gasteiger partial charge in [-0.2, -0.15) is 0 Å². The van der Waals surface area contributed by atoms with Crippen LogP contribution in [0.2, 0.25) is 0 Å². The molecular formula is C22H21N3O2. The number of hydrogen-bond donors (Lipinski definition) is 2. The van der Waals surface area contributed by atoms with Crippen LogP contribution in [0.1, 0.15) is 38.9 Å². The minimum Gasteiger partial charge on any atom is -0.354 e. The number of rotatable bonds is 5. The van der Waals surface area contributed by atoms with E-state index in [1.807, 2.05) is 25.1 Å². The minimum absolute atomic E-state index is 0.0126. The lowest BCUT2D eigenvalue weighted by Gasteiger charge is -2.10. The van der Waals surface area contributed by atoms with Gasteiger partial charge in [-0.25, -0.2) is 4.98 Å². The molecular weight excluding hydrogens is 338 g/mol. The second-order valence-corrected chi connectivity index (χ2v) is 6.46. The number of amides is 1. The summed E-state index contributed by atoms with van der Waals surface area (Å²) >= 11 is 0. The number of aromatic nitrogens is 1. The molecule has 0 atom stereocenters. The molecule has 0 saturated carbocycles. The Labute approximate surface area is 158 Å². The number of carbonyl (C=O) groups excluding carboxylic acids is 2.